The minimum Gasteiger partial charge on any atom is -0.468 e. The van der Waals surface area contributed by atoms with Gasteiger partial charge in [-0.3, -0.25) is 14.4 Å². The minimum absolute atomic E-state index is 0.0387. The first kappa shape index (κ1) is 24.1. The third-order valence-corrected chi connectivity index (χ3v) is 6.68. The van der Waals surface area contributed by atoms with E-state index in [1.165, 1.54) is 7.11 Å². The van der Waals surface area contributed by atoms with Crippen molar-refractivity contribution in [3.05, 3.63) is 73.3 Å². The Kier molecular flexibility index (Phi) is 8.17. The summed E-state index contributed by atoms with van der Waals surface area (Å²) in [6.07, 6.45) is 0. The van der Waals surface area contributed by atoms with Crippen LogP contribution in [0.15, 0.2) is 59.1 Å². The van der Waals surface area contributed by atoms with Crippen LogP contribution in [-0.2, 0) is 19.1 Å². The van der Waals surface area contributed by atoms with Crippen molar-refractivity contribution in [2.45, 2.75) is 5.92 Å². The summed E-state index contributed by atoms with van der Waals surface area (Å²) >= 11 is 9.16. The molecule has 0 bridgehead atoms. The highest BCUT2D eigenvalue weighted by atomic mass is 127. The molecule has 0 radical (unpaired) electrons. The lowest BCUT2D eigenvalue weighted by atomic mass is 9.78. The lowest BCUT2D eigenvalue weighted by Crippen LogP contribution is -2.44. The van der Waals surface area contributed by atoms with E-state index in [1.54, 1.807) is 36.4 Å². The molecule has 0 unspecified atom stereocenters. The number of benzene rings is 2. The van der Waals surface area contributed by atoms with Gasteiger partial charge in [0.05, 0.1) is 29.5 Å². The van der Waals surface area contributed by atoms with Gasteiger partial charge in [-0.05, 0) is 64.6 Å². The van der Waals surface area contributed by atoms with Gasteiger partial charge in [0, 0.05) is 20.2 Å². The molecule has 0 saturated heterocycles. The number of thioether (sulfide) groups is 1. The van der Waals surface area contributed by atoms with Crippen LogP contribution in [0.4, 0.5) is 5.69 Å². The number of amides is 2. The van der Waals surface area contributed by atoms with Gasteiger partial charge in [-0.1, -0.05) is 35.5 Å². The van der Waals surface area contributed by atoms with E-state index in [2.05, 4.69) is 39.3 Å². The second-order valence-corrected chi connectivity index (χ2v) is 9.39. The molecule has 2 aromatic rings. The second-order valence-electron chi connectivity index (χ2n) is 6.72. The smallest absolute Gasteiger partial charge is 0.319 e. The molecule has 0 aliphatic carbocycles. The van der Waals surface area contributed by atoms with E-state index in [4.69, 9.17) is 16.3 Å². The molecule has 10 heteroatoms. The van der Waals surface area contributed by atoms with Gasteiger partial charge >= 0.3 is 5.97 Å². The van der Waals surface area contributed by atoms with Gasteiger partial charge < -0.3 is 15.4 Å². The predicted octanol–water partition coefficient (Wildman–Crippen LogP) is 4.05. The zero-order valence-electron chi connectivity index (χ0n) is 16.7. The Balaban J connectivity index is 1.87. The number of carbonyl (C=O) groups excluding carboxylic acids is 3. The van der Waals surface area contributed by atoms with Crippen LogP contribution in [0.3, 0.4) is 0 Å². The molecule has 1 aliphatic heterocycles. The van der Waals surface area contributed by atoms with E-state index in [1.807, 2.05) is 12.1 Å². The van der Waals surface area contributed by atoms with Crippen molar-refractivity contribution in [1.82, 2.24) is 5.32 Å². The lowest BCUT2D eigenvalue weighted by molar-refractivity contribution is -0.150. The van der Waals surface area contributed by atoms with E-state index < -0.39 is 23.7 Å². The molecule has 7 nitrogen and oxygen atoms in total. The zero-order chi connectivity index (χ0) is 23.3. The number of anilines is 1. The number of allylic oxidation sites excluding steroid dienone is 1. The molecule has 2 atom stereocenters. The molecule has 0 spiro atoms. The van der Waals surface area contributed by atoms with Gasteiger partial charge in [0.15, 0.2) is 0 Å². The van der Waals surface area contributed by atoms with Crippen molar-refractivity contribution < 1.29 is 19.1 Å². The van der Waals surface area contributed by atoms with Crippen molar-refractivity contribution >= 4 is 69.4 Å². The largest absolute Gasteiger partial charge is 0.468 e. The Labute approximate surface area is 207 Å². The number of esters is 1. The fourth-order valence-corrected chi connectivity index (χ4v) is 4.55. The maximum Gasteiger partial charge on any atom is 0.319 e. The Morgan fingerprint density at radius 3 is 2.47 bits per heavy atom. The molecular formula is C22H17ClIN3O4S. The number of nitrogens with one attached hydrogen (secondary N) is 2. The van der Waals surface area contributed by atoms with Crippen LogP contribution in [0, 0.1) is 20.8 Å². The minimum atomic E-state index is -1.24. The van der Waals surface area contributed by atoms with Crippen molar-refractivity contribution in [3.63, 3.8) is 0 Å². The number of hydrogen-bond donors (Lipinski definition) is 2. The highest BCUT2D eigenvalue weighted by Crippen LogP contribution is 2.40. The Morgan fingerprint density at radius 1 is 1.22 bits per heavy atom. The third kappa shape index (κ3) is 5.62. The van der Waals surface area contributed by atoms with E-state index in [0.29, 0.717) is 16.3 Å². The molecule has 1 heterocycles. The number of methoxy groups -OCH3 is 1. The normalized spacial score (nSPS) is 17.9. The SMILES string of the molecule is COC(=O)[C@@H]1C(=O)NC(SCC(=O)Nc2ccc(I)cc2)=C(C#N)[C@@H]1c1ccc(Cl)cc1. The van der Waals surface area contributed by atoms with Crippen LogP contribution < -0.4 is 10.6 Å². The fourth-order valence-electron chi connectivity index (χ4n) is 3.22. The van der Waals surface area contributed by atoms with Crippen LogP contribution in [0.2, 0.25) is 5.02 Å². The van der Waals surface area contributed by atoms with Gasteiger partial charge in [0.1, 0.15) is 5.92 Å². The first-order valence-electron chi connectivity index (χ1n) is 9.30. The second kappa shape index (κ2) is 10.8. The zero-order valence-corrected chi connectivity index (χ0v) is 20.5. The number of nitrogens with zero attached hydrogens (tertiary/aromatic N) is 1. The summed E-state index contributed by atoms with van der Waals surface area (Å²) < 4.78 is 5.85. The van der Waals surface area contributed by atoms with Gasteiger partial charge in [-0.25, -0.2) is 0 Å². The van der Waals surface area contributed by atoms with Crippen molar-refractivity contribution in [2.75, 3.05) is 18.2 Å². The number of hydrogen-bond acceptors (Lipinski definition) is 6. The summed E-state index contributed by atoms with van der Waals surface area (Å²) in [5, 5.41) is 16.0. The molecule has 32 heavy (non-hydrogen) atoms. The topological polar surface area (TPSA) is 108 Å². The highest BCUT2D eigenvalue weighted by Gasteiger charge is 2.44. The Bertz CT molecular complexity index is 1110. The summed E-state index contributed by atoms with van der Waals surface area (Å²) in [5.41, 5.74) is 1.38. The number of halogens is 2. The molecule has 1 aliphatic rings. The quantitative estimate of drug-likeness (QED) is 0.303. The summed E-state index contributed by atoms with van der Waals surface area (Å²) in [6.45, 7) is 0. The molecule has 2 N–H and O–H groups in total. The molecule has 3 rings (SSSR count). The summed E-state index contributed by atoms with van der Waals surface area (Å²) in [4.78, 5) is 37.5. The van der Waals surface area contributed by atoms with Crippen molar-refractivity contribution in [3.8, 4) is 6.07 Å². The van der Waals surface area contributed by atoms with Gasteiger partial charge in [-0.2, -0.15) is 5.26 Å². The van der Waals surface area contributed by atoms with Gasteiger partial charge in [0.25, 0.3) is 0 Å². The first-order chi connectivity index (χ1) is 15.3. The lowest BCUT2D eigenvalue weighted by Gasteiger charge is -2.30. The van der Waals surface area contributed by atoms with E-state index in [-0.39, 0.29) is 22.3 Å². The molecule has 0 aromatic heterocycles. The number of carbonyl (C=O) groups is 3. The maximum atomic E-state index is 12.8. The summed E-state index contributed by atoms with van der Waals surface area (Å²) in [5.74, 6) is -3.79. The monoisotopic (exact) mass is 581 g/mol. The molecule has 2 aromatic carbocycles. The van der Waals surface area contributed by atoms with Crippen LogP contribution >= 0.6 is 46.0 Å². The van der Waals surface area contributed by atoms with Crippen LogP contribution in [0.5, 0.6) is 0 Å². The van der Waals surface area contributed by atoms with Crippen LogP contribution in [0.25, 0.3) is 0 Å². The molecule has 2 amide bonds. The van der Waals surface area contributed by atoms with Crippen LogP contribution in [0.1, 0.15) is 11.5 Å². The van der Waals surface area contributed by atoms with Crippen LogP contribution in [-0.4, -0.2) is 30.6 Å². The first-order valence-corrected chi connectivity index (χ1v) is 11.7. The molecular weight excluding hydrogens is 565 g/mol. The Hall–Kier alpha value is -2.55. The molecule has 164 valence electrons. The number of rotatable bonds is 6. The average molecular weight is 582 g/mol. The van der Waals surface area contributed by atoms with Crippen molar-refractivity contribution in [2.24, 2.45) is 5.92 Å². The fraction of sp³-hybridized carbons (Fsp3) is 0.182. The summed E-state index contributed by atoms with van der Waals surface area (Å²) in [7, 11) is 1.18. The molecule has 0 saturated carbocycles. The predicted molar refractivity (Wildman–Crippen MR) is 131 cm³/mol. The highest BCUT2D eigenvalue weighted by molar-refractivity contribution is 14.1. The van der Waals surface area contributed by atoms with Gasteiger partial charge in [0.2, 0.25) is 11.8 Å². The number of ether oxygens (including phenoxy) is 1. The van der Waals surface area contributed by atoms with E-state index >= 15 is 0 Å². The van der Waals surface area contributed by atoms with Crippen molar-refractivity contribution in [1.29, 1.82) is 5.26 Å². The number of nitriles is 1. The summed E-state index contributed by atoms with van der Waals surface area (Å²) in [6, 6.07) is 15.9. The molecule has 0 fully saturated rings. The standard InChI is InChI=1S/C22H17ClIN3O4S/c1-31-22(30)19-18(12-2-4-13(23)5-3-12)16(10-25)21(27-20(19)29)32-11-17(28)26-15-8-6-14(24)7-9-15/h2-9,18-19H,11H2,1H3,(H,26,28)(H,27,29)/t18-,19-/m0/s1. The average Bonchev–Trinajstić information content (AvgIpc) is 2.78. The van der Waals surface area contributed by atoms with E-state index in [0.717, 1.165) is 15.3 Å². The van der Waals surface area contributed by atoms with Gasteiger partial charge in [-0.15, -0.1) is 0 Å². The Morgan fingerprint density at radius 2 is 1.88 bits per heavy atom. The maximum absolute atomic E-state index is 12.8. The third-order valence-electron chi connectivity index (χ3n) is 4.69. The van der Waals surface area contributed by atoms with E-state index in [9.17, 15) is 19.6 Å².